The van der Waals surface area contributed by atoms with Crippen molar-refractivity contribution in [2.45, 2.75) is 18.6 Å². The van der Waals surface area contributed by atoms with E-state index in [0.717, 1.165) is 0 Å². The van der Waals surface area contributed by atoms with E-state index in [-0.39, 0.29) is 0 Å². The van der Waals surface area contributed by atoms with E-state index >= 15 is 0 Å². The zero-order chi connectivity index (χ0) is 19.6. The van der Waals surface area contributed by atoms with Crippen LogP contribution in [0, 0.1) is 0 Å². The second-order valence-electron chi connectivity index (χ2n) is 5.88. The summed E-state index contributed by atoms with van der Waals surface area (Å²) in [6.07, 6.45) is -2.47. The van der Waals surface area contributed by atoms with Crippen molar-refractivity contribution in [1.29, 1.82) is 0 Å². The Kier molecular flexibility index (Phi) is 5.53. The van der Waals surface area contributed by atoms with Gasteiger partial charge in [0, 0.05) is 11.1 Å². The van der Waals surface area contributed by atoms with Gasteiger partial charge in [-0.3, -0.25) is 9.59 Å². The molecular weight excluding hydrogens is 374 g/mol. The Morgan fingerprint density at radius 1 is 1.19 bits per heavy atom. The summed E-state index contributed by atoms with van der Waals surface area (Å²) in [7, 11) is 3.01. The lowest BCUT2D eigenvalue weighted by Gasteiger charge is -2.23. The smallest absolute Gasteiger partial charge is 0.306 e. The summed E-state index contributed by atoms with van der Waals surface area (Å²) in [5, 5.41) is 12.2. The molecule has 2 N–H and O–H groups in total. The monoisotopic (exact) mass is 391 g/mol. The molecule has 0 unspecified atom stereocenters. The average Bonchev–Trinajstić information content (AvgIpc) is 2.78. The van der Waals surface area contributed by atoms with Crippen LogP contribution < -0.4 is 14.8 Å². The summed E-state index contributed by atoms with van der Waals surface area (Å²) >= 11 is 6.28. The third-order valence-electron chi connectivity index (χ3n) is 4.25. The zero-order valence-corrected chi connectivity index (χ0v) is 15.4. The van der Waals surface area contributed by atoms with Crippen molar-refractivity contribution < 1.29 is 28.9 Å². The molecule has 0 saturated heterocycles. The van der Waals surface area contributed by atoms with Gasteiger partial charge in [-0.1, -0.05) is 35.9 Å². The summed E-state index contributed by atoms with van der Waals surface area (Å²) < 4.78 is 16.8. The van der Waals surface area contributed by atoms with E-state index < -0.39 is 30.5 Å². The highest BCUT2D eigenvalue weighted by Crippen LogP contribution is 2.44. The first-order chi connectivity index (χ1) is 13.0. The van der Waals surface area contributed by atoms with Crippen LogP contribution in [0.15, 0.2) is 36.4 Å². The molecule has 0 radical (unpaired) electrons. The number of benzene rings is 2. The number of amides is 1. The number of nitrogens with one attached hydrogen (secondary N) is 1. The molecule has 3 rings (SSSR count). The van der Waals surface area contributed by atoms with Crippen LogP contribution in [0.5, 0.6) is 11.5 Å². The number of methoxy groups -OCH3 is 2. The van der Waals surface area contributed by atoms with Crippen molar-refractivity contribution in [3.05, 3.63) is 52.5 Å². The number of carboxylic acid groups (broad SMARTS) is 1. The lowest BCUT2D eigenvalue weighted by molar-refractivity contribution is -0.146. The molecule has 2 atom stereocenters. The molecule has 142 valence electrons. The number of carbonyl (C=O) groups is 2. The highest BCUT2D eigenvalue weighted by molar-refractivity contribution is 6.34. The van der Waals surface area contributed by atoms with Gasteiger partial charge in [0.05, 0.1) is 31.4 Å². The van der Waals surface area contributed by atoms with Crippen LogP contribution in [0.1, 0.15) is 23.7 Å². The highest BCUT2D eigenvalue weighted by Gasteiger charge is 2.35. The van der Waals surface area contributed by atoms with Gasteiger partial charge in [-0.25, -0.2) is 0 Å². The fourth-order valence-corrected chi connectivity index (χ4v) is 3.28. The van der Waals surface area contributed by atoms with Crippen molar-refractivity contribution in [1.82, 2.24) is 0 Å². The molecule has 0 aromatic heterocycles. The summed E-state index contributed by atoms with van der Waals surface area (Å²) in [4.78, 5) is 23.7. The number of aliphatic carboxylic acids is 1. The van der Waals surface area contributed by atoms with Gasteiger partial charge in [0.1, 0.15) is 12.2 Å². The van der Waals surface area contributed by atoms with Crippen LogP contribution in [-0.4, -0.2) is 37.3 Å². The predicted octanol–water partition coefficient (Wildman–Crippen LogP) is 3.26. The average molecular weight is 392 g/mol. The molecule has 7 nitrogen and oxygen atoms in total. The molecule has 1 heterocycles. The number of para-hydroxylation sites is 2. The maximum absolute atomic E-state index is 12.5. The summed E-state index contributed by atoms with van der Waals surface area (Å²) in [6, 6.07) is 10.4. The lowest BCUT2D eigenvalue weighted by atomic mass is 9.98. The number of carbonyl (C=O) groups excluding carboxylic acids is 1. The number of hydrogen-bond donors (Lipinski definition) is 2. The molecule has 2 aromatic rings. The Balaban J connectivity index is 2.19. The number of rotatable bonds is 5. The van der Waals surface area contributed by atoms with E-state index in [4.69, 9.17) is 30.9 Å². The Morgan fingerprint density at radius 3 is 2.56 bits per heavy atom. The third-order valence-corrected chi connectivity index (χ3v) is 4.56. The van der Waals surface area contributed by atoms with E-state index in [9.17, 15) is 9.59 Å². The van der Waals surface area contributed by atoms with E-state index in [0.29, 0.717) is 33.3 Å². The molecule has 0 saturated carbocycles. The van der Waals surface area contributed by atoms with Crippen molar-refractivity contribution in [2.24, 2.45) is 0 Å². The molecule has 1 amide bonds. The van der Waals surface area contributed by atoms with Crippen LogP contribution in [0.4, 0.5) is 5.69 Å². The van der Waals surface area contributed by atoms with E-state index in [2.05, 4.69) is 5.32 Å². The topological polar surface area (TPSA) is 94.1 Å². The van der Waals surface area contributed by atoms with Gasteiger partial charge in [-0.2, -0.15) is 0 Å². The second kappa shape index (κ2) is 7.85. The second-order valence-corrected chi connectivity index (χ2v) is 6.29. The van der Waals surface area contributed by atoms with E-state index in [1.807, 2.05) is 0 Å². The number of hydrogen-bond acceptors (Lipinski definition) is 5. The molecular formula is C19H18ClNO6. The number of ether oxygens (including phenoxy) is 3. The fourth-order valence-electron chi connectivity index (χ4n) is 3.05. The molecule has 1 aliphatic heterocycles. The maximum Gasteiger partial charge on any atom is 0.306 e. The Morgan fingerprint density at radius 2 is 1.89 bits per heavy atom. The number of anilines is 1. The van der Waals surface area contributed by atoms with Crippen LogP contribution in [0.25, 0.3) is 0 Å². The largest absolute Gasteiger partial charge is 0.493 e. The van der Waals surface area contributed by atoms with Crippen molar-refractivity contribution in [2.75, 3.05) is 19.5 Å². The molecule has 2 aromatic carbocycles. The summed E-state index contributed by atoms with van der Waals surface area (Å²) in [5.41, 5.74) is 1.56. The zero-order valence-electron chi connectivity index (χ0n) is 14.7. The van der Waals surface area contributed by atoms with Gasteiger partial charge >= 0.3 is 5.97 Å². The van der Waals surface area contributed by atoms with Crippen molar-refractivity contribution in [3.8, 4) is 11.5 Å². The first kappa shape index (κ1) is 19.0. The first-order valence-corrected chi connectivity index (χ1v) is 8.51. The molecule has 8 heteroatoms. The quantitative estimate of drug-likeness (QED) is 0.812. The third kappa shape index (κ3) is 3.70. The standard InChI is InChI=1S/C19H18ClNO6/c1-25-13-8-4-6-11(18(13)26-2)17-10-5-3-7-12(20)16(10)21-19(24)14(27-17)9-15(22)23/h3-8,14,17H,9H2,1-2H3,(H,21,24)(H,22,23)/t14-,17+/m1/s1. The number of fused-ring (bicyclic) bond motifs is 1. The molecule has 0 bridgehead atoms. The van der Waals surface area contributed by atoms with Gasteiger partial charge < -0.3 is 24.6 Å². The predicted molar refractivity (Wildman–Crippen MR) is 98.6 cm³/mol. The van der Waals surface area contributed by atoms with Crippen LogP contribution in [0.2, 0.25) is 5.02 Å². The van der Waals surface area contributed by atoms with Crippen LogP contribution in [-0.2, 0) is 14.3 Å². The SMILES string of the molecule is COc1cccc([C@H]2O[C@H](CC(=O)O)C(=O)Nc3c(Cl)cccc32)c1OC. The molecule has 0 fully saturated rings. The fraction of sp³-hybridized carbons (Fsp3) is 0.263. The normalized spacial score (nSPS) is 18.9. The van der Waals surface area contributed by atoms with E-state index in [1.165, 1.54) is 14.2 Å². The summed E-state index contributed by atoms with van der Waals surface area (Å²) in [5.74, 6) is -0.806. The van der Waals surface area contributed by atoms with Crippen LogP contribution in [0.3, 0.4) is 0 Å². The summed E-state index contributed by atoms with van der Waals surface area (Å²) in [6.45, 7) is 0. The highest BCUT2D eigenvalue weighted by atomic mass is 35.5. The molecule has 0 spiro atoms. The number of halogens is 1. The minimum absolute atomic E-state index is 0.326. The maximum atomic E-state index is 12.5. The van der Waals surface area contributed by atoms with Crippen molar-refractivity contribution in [3.63, 3.8) is 0 Å². The Bertz CT molecular complexity index is 884. The Labute approximate surface area is 160 Å². The first-order valence-electron chi connectivity index (χ1n) is 8.13. The lowest BCUT2D eigenvalue weighted by Crippen LogP contribution is -2.31. The van der Waals surface area contributed by atoms with Crippen molar-refractivity contribution >= 4 is 29.2 Å². The van der Waals surface area contributed by atoms with Gasteiger partial charge in [-0.15, -0.1) is 0 Å². The van der Waals surface area contributed by atoms with Crippen LogP contribution >= 0.6 is 11.6 Å². The molecule has 1 aliphatic rings. The molecule has 27 heavy (non-hydrogen) atoms. The van der Waals surface area contributed by atoms with Gasteiger partial charge in [0.2, 0.25) is 0 Å². The number of carboxylic acids is 1. The minimum atomic E-state index is -1.20. The van der Waals surface area contributed by atoms with E-state index in [1.54, 1.807) is 36.4 Å². The Hall–Kier alpha value is -2.77. The molecule has 0 aliphatic carbocycles. The van der Waals surface area contributed by atoms with Gasteiger partial charge in [0.15, 0.2) is 11.5 Å². The van der Waals surface area contributed by atoms with Gasteiger partial charge in [-0.05, 0) is 12.1 Å². The van der Waals surface area contributed by atoms with Gasteiger partial charge in [0.25, 0.3) is 5.91 Å². The minimum Gasteiger partial charge on any atom is -0.493 e.